The van der Waals surface area contributed by atoms with Gasteiger partial charge in [0.2, 0.25) is 0 Å². The molecule has 0 spiro atoms. The van der Waals surface area contributed by atoms with Crippen LogP contribution in [0.1, 0.15) is 0 Å². The van der Waals surface area contributed by atoms with Crippen LogP contribution in [-0.4, -0.2) is 21.2 Å². The van der Waals surface area contributed by atoms with Gasteiger partial charge in [-0.1, -0.05) is 388 Å². The quantitative estimate of drug-likeness (QED) is 0.0959. The summed E-state index contributed by atoms with van der Waals surface area (Å²) >= 11 is 0. The highest BCUT2D eigenvalue weighted by atomic mass is 15.2. The third kappa shape index (κ3) is 12.0. The number of fused-ring (bicyclic) bond motifs is 7. The van der Waals surface area contributed by atoms with Crippen molar-refractivity contribution < 1.29 is 0 Å². The fraction of sp³-hybridized carbons (Fsp3) is 0. The minimum atomic E-state index is -0.316. The molecule has 22 rings (SSSR count). The van der Waals surface area contributed by atoms with Crippen molar-refractivity contribution in [3.8, 4) is 139 Å². The first-order chi connectivity index (χ1) is 58.6. The van der Waals surface area contributed by atoms with Crippen molar-refractivity contribution in [2.24, 2.45) is 0 Å². The summed E-state index contributed by atoms with van der Waals surface area (Å²) in [5, 5.41) is 2.36. The van der Waals surface area contributed by atoms with E-state index in [9.17, 15) is 0 Å². The van der Waals surface area contributed by atoms with E-state index in [-0.39, 0.29) is 6.71 Å². The first kappa shape index (κ1) is 69.2. The summed E-state index contributed by atoms with van der Waals surface area (Å²) in [7, 11) is 0. The average molecular weight is 1500 g/mol. The van der Waals surface area contributed by atoms with Crippen LogP contribution in [0.3, 0.4) is 0 Å². The SMILES string of the molecule is c1ccc(-c2cccc(-c3ccccc3)c2-c2ccc(-c3ccc4c(c3)N(c3c(-c5ccccc5)cccc3-c3ccccc3)c3cc(-n5c6ccccc6c6ccccc65)cc5c3B4c3ccc(-c4ccc(-c6c(-c7ccccc7)cccc6-c6ccccc6)nc4)cc3N5c3c(-c4ccccc4)cccc3-c3ccccc3)cn2)cc1. The highest BCUT2D eigenvalue weighted by Crippen LogP contribution is 2.55. The van der Waals surface area contributed by atoms with Crippen molar-refractivity contribution in [2.45, 2.75) is 0 Å². The zero-order chi connectivity index (χ0) is 78.0. The molecule has 0 bridgehead atoms. The molecule has 118 heavy (non-hydrogen) atoms. The van der Waals surface area contributed by atoms with Crippen molar-refractivity contribution >= 4 is 79.0 Å². The Balaban J connectivity index is 0.839. The number of rotatable bonds is 15. The van der Waals surface area contributed by atoms with E-state index in [1.807, 2.05) is 0 Å². The van der Waals surface area contributed by atoms with Gasteiger partial charge in [0.1, 0.15) is 0 Å². The zero-order valence-corrected chi connectivity index (χ0v) is 64.5. The molecule has 5 heterocycles. The lowest BCUT2D eigenvalue weighted by Crippen LogP contribution is -2.61. The Kier molecular flexibility index (Phi) is 17.3. The van der Waals surface area contributed by atoms with E-state index in [1.165, 1.54) is 27.2 Å². The molecule has 0 radical (unpaired) electrons. The minimum Gasteiger partial charge on any atom is -0.310 e. The molecule has 20 aromatic rings. The Bertz CT molecular complexity index is 6530. The molecule has 5 nitrogen and oxygen atoms in total. The van der Waals surface area contributed by atoms with Crippen molar-refractivity contribution in [1.82, 2.24) is 14.5 Å². The van der Waals surface area contributed by atoms with Gasteiger partial charge in [-0.2, -0.15) is 0 Å². The summed E-state index contributed by atoms with van der Waals surface area (Å²) < 4.78 is 2.52. The lowest BCUT2D eigenvalue weighted by Gasteiger charge is -2.46. The van der Waals surface area contributed by atoms with Gasteiger partial charge in [-0.15, -0.1) is 0 Å². The molecule has 0 fully saturated rings. The van der Waals surface area contributed by atoms with E-state index in [0.717, 1.165) is 185 Å². The second-order valence-corrected chi connectivity index (χ2v) is 30.6. The summed E-state index contributed by atoms with van der Waals surface area (Å²) in [5.74, 6) is 0. The molecule has 3 aromatic heterocycles. The van der Waals surface area contributed by atoms with E-state index in [2.05, 4.69) is 464 Å². The summed E-state index contributed by atoms with van der Waals surface area (Å²) in [6.45, 7) is -0.316. The van der Waals surface area contributed by atoms with Crippen LogP contribution in [0.5, 0.6) is 0 Å². The second kappa shape index (κ2) is 29.5. The van der Waals surface area contributed by atoms with E-state index >= 15 is 0 Å². The van der Waals surface area contributed by atoms with Crippen LogP contribution in [0.2, 0.25) is 0 Å². The Labute approximate surface area is 687 Å². The van der Waals surface area contributed by atoms with Crippen LogP contribution in [0.15, 0.2) is 449 Å². The maximum Gasteiger partial charge on any atom is 0.252 e. The number of hydrogen-bond acceptors (Lipinski definition) is 4. The Morgan fingerprint density at radius 1 is 0.203 bits per heavy atom. The van der Waals surface area contributed by atoms with Gasteiger partial charge in [0.05, 0.1) is 39.5 Å². The van der Waals surface area contributed by atoms with Gasteiger partial charge in [0, 0.05) is 90.4 Å². The molecule has 0 saturated heterocycles. The van der Waals surface area contributed by atoms with Crippen LogP contribution in [0, 0.1) is 0 Å². The van der Waals surface area contributed by atoms with Crippen molar-refractivity contribution in [3.63, 3.8) is 0 Å². The molecule has 2 aliphatic rings. The maximum atomic E-state index is 5.56. The maximum absolute atomic E-state index is 5.56. The van der Waals surface area contributed by atoms with Crippen LogP contribution in [-0.2, 0) is 0 Å². The van der Waals surface area contributed by atoms with Crippen LogP contribution < -0.4 is 26.2 Å². The number of benzene rings is 17. The van der Waals surface area contributed by atoms with Crippen LogP contribution >= 0.6 is 0 Å². The number of anilines is 6. The molecule has 0 amide bonds. The van der Waals surface area contributed by atoms with Gasteiger partial charge in [0.15, 0.2) is 0 Å². The summed E-state index contributed by atoms with van der Waals surface area (Å²) in [4.78, 5) is 16.4. The molecule has 0 atom stereocenters. The fourth-order valence-electron chi connectivity index (χ4n) is 18.6. The zero-order valence-electron chi connectivity index (χ0n) is 64.5. The molecule has 0 N–H and O–H groups in total. The molecule has 2 aliphatic heterocycles. The molecule has 17 aromatic carbocycles. The highest BCUT2D eigenvalue weighted by Gasteiger charge is 2.46. The van der Waals surface area contributed by atoms with Crippen LogP contribution in [0.4, 0.5) is 34.1 Å². The number of pyridine rings is 2. The van der Waals surface area contributed by atoms with Gasteiger partial charge in [0.25, 0.3) is 6.71 Å². The fourth-order valence-corrected chi connectivity index (χ4v) is 18.6. The third-order valence-electron chi connectivity index (χ3n) is 23.9. The predicted molar refractivity (Wildman–Crippen MR) is 496 cm³/mol. The average Bonchev–Trinajstić information content (AvgIpc) is 0.822. The summed E-state index contributed by atoms with van der Waals surface area (Å²) in [5.41, 5.74) is 39.1. The standard InChI is InChI=1S/C112H74BN5/c1-9-33-75(34-10-1)88-51-29-52-89(76-35-11-2-12-36-76)108(88)100-67-63-85(73-114-100)83-61-65-98-104(69-83)117(111-92(79-41-17-5-18-42-79)55-31-56-93(111)80-43-19-6-20-44-80)106-71-87(116-102-59-27-25-49-96(102)97-50-26-28-60-103(97)116)72-107-110(106)113(98)99-66-62-84(70-105(99)118(107)112-94(81-45-21-7-22-46-81)57-32-58-95(112)82-47-23-8-24-48-82)86-64-68-101(115-74-86)109-90(77-37-13-3-14-38-77)53-30-54-91(109)78-39-15-4-16-40-78/h1-74H. The van der Waals surface area contributed by atoms with E-state index in [1.54, 1.807) is 0 Å². The normalized spacial score (nSPS) is 12.0. The van der Waals surface area contributed by atoms with Gasteiger partial charge >= 0.3 is 0 Å². The van der Waals surface area contributed by atoms with Gasteiger partial charge in [-0.3, -0.25) is 9.97 Å². The third-order valence-corrected chi connectivity index (χ3v) is 23.9. The molecule has 0 unspecified atom stereocenters. The number of aromatic nitrogens is 3. The predicted octanol–water partition coefficient (Wildman–Crippen LogP) is 27.7. The minimum absolute atomic E-state index is 0.316. The topological polar surface area (TPSA) is 37.2 Å². The van der Waals surface area contributed by atoms with Crippen molar-refractivity contribution in [1.29, 1.82) is 0 Å². The molecular formula is C112H74BN5. The second-order valence-electron chi connectivity index (χ2n) is 30.6. The molecular weight excluding hydrogens is 1430 g/mol. The Morgan fingerprint density at radius 3 is 0.771 bits per heavy atom. The van der Waals surface area contributed by atoms with E-state index in [0.29, 0.717) is 0 Å². The first-order valence-electron chi connectivity index (χ1n) is 40.5. The van der Waals surface area contributed by atoms with Gasteiger partial charge in [-0.05, 0) is 143 Å². The smallest absolute Gasteiger partial charge is 0.252 e. The van der Waals surface area contributed by atoms with E-state index in [4.69, 9.17) is 9.97 Å². The summed E-state index contributed by atoms with van der Waals surface area (Å²) in [6, 6.07) is 160. The number of para-hydroxylation sites is 4. The number of nitrogens with zero attached hydrogens (tertiary/aromatic N) is 5. The number of hydrogen-bond donors (Lipinski definition) is 0. The Hall–Kier alpha value is -15.5. The monoisotopic (exact) mass is 1500 g/mol. The summed E-state index contributed by atoms with van der Waals surface area (Å²) in [6.07, 6.45) is 4.19. The van der Waals surface area contributed by atoms with Crippen LogP contribution in [0.25, 0.3) is 161 Å². The van der Waals surface area contributed by atoms with Gasteiger partial charge in [-0.25, -0.2) is 0 Å². The van der Waals surface area contributed by atoms with Crippen molar-refractivity contribution in [3.05, 3.63) is 449 Å². The lowest BCUT2D eigenvalue weighted by atomic mass is 9.33. The molecule has 0 saturated carbocycles. The molecule has 0 aliphatic carbocycles. The Morgan fingerprint density at radius 2 is 0.475 bits per heavy atom. The highest BCUT2D eigenvalue weighted by molar-refractivity contribution is 7.00. The largest absolute Gasteiger partial charge is 0.310 e. The van der Waals surface area contributed by atoms with E-state index < -0.39 is 0 Å². The first-order valence-corrected chi connectivity index (χ1v) is 40.5. The van der Waals surface area contributed by atoms with Crippen molar-refractivity contribution in [2.75, 3.05) is 9.80 Å². The van der Waals surface area contributed by atoms with Gasteiger partial charge < -0.3 is 14.4 Å². The molecule has 6 heteroatoms. The molecule has 550 valence electrons. The lowest BCUT2D eigenvalue weighted by molar-refractivity contribution is 1.16.